The summed E-state index contributed by atoms with van der Waals surface area (Å²) < 4.78 is 1.72. The van der Waals surface area contributed by atoms with Crippen molar-refractivity contribution < 1.29 is 9.90 Å². The van der Waals surface area contributed by atoms with E-state index in [1.54, 1.807) is 10.9 Å². The molecule has 128 valence electrons. The highest BCUT2D eigenvalue weighted by molar-refractivity contribution is 5.95. The lowest BCUT2D eigenvalue weighted by atomic mass is 10.1. The first-order valence-electron chi connectivity index (χ1n) is 8.26. The van der Waals surface area contributed by atoms with Crippen molar-refractivity contribution in [1.82, 2.24) is 15.1 Å². The Morgan fingerprint density at radius 1 is 1.08 bits per heavy atom. The van der Waals surface area contributed by atoms with E-state index >= 15 is 0 Å². The maximum absolute atomic E-state index is 12.4. The van der Waals surface area contributed by atoms with Crippen molar-refractivity contribution in [3.05, 3.63) is 83.2 Å². The molecule has 0 radical (unpaired) electrons. The molecule has 0 aliphatic rings. The van der Waals surface area contributed by atoms with Crippen LogP contribution in [-0.2, 0) is 13.0 Å². The van der Waals surface area contributed by atoms with Crippen LogP contribution in [0.1, 0.15) is 27.2 Å². The van der Waals surface area contributed by atoms with E-state index in [2.05, 4.69) is 10.4 Å². The van der Waals surface area contributed by atoms with Gasteiger partial charge in [0.1, 0.15) is 0 Å². The molecule has 0 aliphatic carbocycles. The smallest absolute Gasteiger partial charge is 0.254 e. The molecule has 0 bridgehead atoms. The number of para-hydroxylation sites is 1. The first-order valence-corrected chi connectivity index (χ1v) is 8.26. The molecule has 1 amide bonds. The van der Waals surface area contributed by atoms with Gasteiger partial charge in [0.15, 0.2) is 0 Å². The average Bonchev–Trinajstić information content (AvgIpc) is 3.05. The van der Waals surface area contributed by atoms with Crippen molar-refractivity contribution in [3.63, 3.8) is 0 Å². The third-order valence-electron chi connectivity index (χ3n) is 4.07. The van der Waals surface area contributed by atoms with Gasteiger partial charge in [-0.05, 0) is 36.6 Å². The largest absolute Gasteiger partial charge is 0.392 e. The number of nitrogens with one attached hydrogen (secondary N) is 1. The third-order valence-corrected chi connectivity index (χ3v) is 4.07. The molecule has 3 rings (SSSR count). The number of hydrogen-bond acceptors (Lipinski definition) is 3. The fourth-order valence-electron chi connectivity index (χ4n) is 2.62. The predicted octanol–water partition coefficient (Wildman–Crippen LogP) is 2.65. The number of carbonyl (C=O) groups is 1. The SMILES string of the molecule is Cc1nn(-c2ccccc2)cc1C(=O)NCCc1ccc(CO)cc1. The number of nitrogens with zero attached hydrogens (tertiary/aromatic N) is 2. The predicted molar refractivity (Wildman–Crippen MR) is 96.7 cm³/mol. The number of benzene rings is 2. The zero-order chi connectivity index (χ0) is 17.6. The Morgan fingerprint density at radius 3 is 2.44 bits per heavy atom. The molecule has 0 aliphatic heterocycles. The van der Waals surface area contributed by atoms with E-state index in [1.165, 1.54) is 0 Å². The summed E-state index contributed by atoms with van der Waals surface area (Å²) in [6, 6.07) is 17.4. The summed E-state index contributed by atoms with van der Waals surface area (Å²) in [5.74, 6) is -0.119. The lowest BCUT2D eigenvalue weighted by Crippen LogP contribution is -2.26. The Kier molecular flexibility index (Phi) is 5.26. The standard InChI is InChI=1S/C20H21N3O2/c1-15-19(13-23(22-15)18-5-3-2-4-6-18)20(25)21-12-11-16-7-9-17(14-24)10-8-16/h2-10,13,24H,11-12,14H2,1H3,(H,21,25). The zero-order valence-corrected chi connectivity index (χ0v) is 14.1. The van der Waals surface area contributed by atoms with E-state index in [0.717, 1.165) is 23.2 Å². The third kappa shape index (κ3) is 4.14. The number of aromatic nitrogens is 2. The molecule has 0 atom stereocenters. The fourth-order valence-corrected chi connectivity index (χ4v) is 2.62. The van der Waals surface area contributed by atoms with E-state index < -0.39 is 0 Å². The Morgan fingerprint density at radius 2 is 1.76 bits per heavy atom. The van der Waals surface area contributed by atoms with E-state index in [0.29, 0.717) is 17.8 Å². The number of rotatable bonds is 6. The normalized spacial score (nSPS) is 10.6. The van der Waals surface area contributed by atoms with Gasteiger partial charge in [0.25, 0.3) is 5.91 Å². The highest BCUT2D eigenvalue weighted by Gasteiger charge is 2.13. The number of aliphatic hydroxyl groups excluding tert-OH is 1. The highest BCUT2D eigenvalue weighted by atomic mass is 16.3. The number of hydrogen-bond donors (Lipinski definition) is 2. The summed E-state index contributed by atoms with van der Waals surface area (Å²) in [6.07, 6.45) is 2.50. The second-order valence-corrected chi connectivity index (χ2v) is 5.89. The lowest BCUT2D eigenvalue weighted by molar-refractivity contribution is 0.0953. The Balaban J connectivity index is 1.60. The second-order valence-electron chi connectivity index (χ2n) is 5.89. The molecule has 5 heteroatoms. The monoisotopic (exact) mass is 335 g/mol. The van der Waals surface area contributed by atoms with Crippen LogP contribution in [0.15, 0.2) is 60.8 Å². The van der Waals surface area contributed by atoms with Crippen LogP contribution in [0.25, 0.3) is 5.69 Å². The average molecular weight is 335 g/mol. The topological polar surface area (TPSA) is 67.2 Å². The van der Waals surface area contributed by atoms with Gasteiger partial charge in [-0.25, -0.2) is 4.68 Å². The summed E-state index contributed by atoms with van der Waals surface area (Å²) in [5.41, 5.74) is 4.22. The van der Waals surface area contributed by atoms with Gasteiger partial charge in [0.05, 0.1) is 23.6 Å². The molecule has 2 aromatic carbocycles. The van der Waals surface area contributed by atoms with E-state index in [1.807, 2.05) is 61.5 Å². The summed E-state index contributed by atoms with van der Waals surface area (Å²) in [5, 5.41) is 16.4. The minimum absolute atomic E-state index is 0.0433. The molecule has 0 spiro atoms. The Bertz CT molecular complexity index is 839. The van der Waals surface area contributed by atoms with Gasteiger partial charge in [0, 0.05) is 12.7 Å². The van der Waals surface area contributed by atoms with Crippen LogP contribution in [0.5, 0.6) is 0 Å². The fraction of sp³-hybridized carbons (Fsp3) is 0.200. The molecule has 2 N–H and O–H groups in total. The number of carbonyl (C=O) groups excluding carboxylic acids is 1. The van der Waals surface area contributed by atoms with Crippen molar-refractivity contribution in [2.24, 2.45) is 0 Å². The van der Waals surface area contributed by atoms with Crippen molar-refractivity contribution in [2.45, 2.75) is 20.0 Å². The number of aryl methyl sites for hydroxylation is 1. The minimum atomic E-state index is -0.119. The molecular formula is C20H21N3O2. The van der Waals surface area contributed by atoms with E-state index in [-0.39, 0.29) is 12.5 Å². The van der Waals surface area contributed by atoms with Gasteiger partial charge in [0.2, 0.25) is 0 Å². The Labute approximate surface area is 146 Å². The molecule has 0 saturated carbocycles. The lowest BCUT2D eigenvalue weighted by Gasteiger charge is -2.05. The molecule has 1 heterocycles. The van der Waals surface area contributed by atoms with Crippen LogP contribution in [0.2, 0.25) is 0 Å². The van der Waals surface area contributed by atoms with Crippen LogP contribution < -0.4 is 5.32 Å². The highest BCUT2D eigenvalue weighted by Crippen LogP contribution is 2.12. The molecule has 1 aromatic heterocycles. The van der Waals surface area contributed by atoms with Crippen molar-refractivity contribution in [2.75, 3.05) is 6.54 Å². The minimum Gasteiger partial charge on any atom is -0.392 e. The van der Waals surface area contributed by atoms with Crippen molar-refractivity contribution in [3.8, 4) is 5.69 Å². The van der Waals surface area contributed by atoms with Gasteiger partial charge >= 0.3 is 0 Å². The van der Waals surface area contributed by atoms with Gasteiger partial charge in [-0.3, -0.25) is 4.79 Å². The first kappa shape index (κ1) is 16.9. The van der Waals surface area contributed by atoms with Gasteiger partial charge in [-0.1, -0.05) is 42.5 Å². The van der Waals surface area contributed by atoms with Crippen LogP contribution >= 0.6 is 0 Å². The van der Waals surface area contributed by atoms with E-state index in [9.17, 15) is 4.79 Å². The molecule has 3 aromatic rings. The molecule has 0 fully saturated rings. The maximum Gasteiger partial charge on any atom is 0.254 e. The first-order chi connectivity index (χ1) is 12.2. The van der Waals surface area contributed by atoms with Crippen LogP contribution in [-0.4, -0.2) is 27.3 Å². The number of aliphatic hydroxyl groups is 1. The van der Waals surface area contributed by atoms with Crippen LogP contribution in [0.4, 0.5) is 0 Å². The summed E-state index contributed by atoms with van der Waals surface area (Å²) in [6.45, 7) is 2.43. The summed E-state index contributed by atoms with van der Waals surface area (Å²) in [7, 11) is 0. The molecule has 5 nitrogen and oxygen atoms in total. The summed E-state index contributed by atoms with van der Waals surface area (Å²) >= 11 is 0. The quantitative estimate of drug-likeness (QED) is 0.728. The summed E-state index contributed by atoms with van der Waals surface area (Å²) in [4.78, 5) is 12.4. The van der Waals surface area contributed by atoms with E-state index in [4.69, 9.17) is 5.11 Å². The molecule has 25 heavy (non-hydrogen) atoms. The molecule has 0 saturated heterocycles. The van der Waals surface area contributed by atoms with Crippen LogP contribution in [0, 0.1) is 6.92 Å². The van der Waals surface area contributed by atoms with Crippen LogP contribution in [0.3, 0.4) is 0 Å². The van der Waals surface area contributed by atoms with Crippen molar-refractivity contribution >= 4 is 5.91 Å². The second kappa shape index (κ2) is 7.77. The Hall–Kier alpha value is -2.92. The molecular weight excluding hydrogens is 314 g/mol. The van der Waals surface area contributed by atoms with Gasteiger partial charge in [-0.2, -0.15) is 5.10 Å². The maximum atomic E-state index is 12.4. The van der Waals surface area contributed by atoms with Gasteiger partial charge in [-0.15, -0.1) is 0 Å². The number of amides is 1. The molecule has 0 unspecified atom stereocenters. The van der Waals surface area contributed by atoms with Gasteiger partial charge < -0.3 is 10.4 Å². The zero-order valence-electron chi connectivity index (χ0n) is 14.1. The van der Waals surface area contributed by atoms with Crippen molar-refractivity contribution in [1.29, 1.82) is 0 Å².